The summed E-state index contributed by atoms with van der Waals surface area (Å²) >= 11 is 0. The number of rotatable bonds is 5. The summed E-state index contributed by atoms with van der Waals surface area (Å²) < 4.78 is 0. The molecule has 0 spiro atoms. The molecule has 0 radical (unpaired) electrons. The largest absolute Gasteiger partial charge is 0.394 e. The summed E-state index contributed by atoms with van der Waals surface area (Å²) in [7, 11) is 0. The summed E-state index contributed by atoms with van der Waals surface area (Å²) in [5, 5.41) is 14.5. The number of urea groups is 1. The first-order valence-corrected chi connectivity index (χ1v) is 6.56. The number of aliphatic hydroxyl groups is 1. The first-order valence-electron chi connectivity index (χ1n) is 6.56. The van der Waals surface area contributed by atoms with Crippen LogP contribution in [-0.2, 0) is 0 Å². The molecule has 1 fully saturated rings. The Morgan fingerprint density at radius 1 is 1.50 bits per heavy atom. The van der Waals surface area contributed by atoms with Crippen molar-refractivity contribution in [1.29, 1.82) is 0 Å². The normalized spacial score (nSPS) is 19.3. The first kappa shape index (κ1) is 15.0. The monoisotopic (exact) mass is 255 g/mol. The van der Waals surface area contributed by atoms with Crippen LogP contribution in [0.4, 0.5) is 4.79 Å². The molecular weight excluding hydrogens is 230 g/mol. The summed E-state index contributed by atoms with van der Waals surface area (Å²) in [6.07, 6.45) is 1.93. The van der Waals surface area contributed by atoms with Gasteiger partial charge < -0.3 is 15.7 Å². The lowest BCUT2D eigenvalue weighted by atomic mass is 10.0. The molecule has 0 aromatic rings. The molecule has 1 aliphatic rings. The highest BCUT2D eigenvalue weighted by molar-refractivity contribution is 5.74. The van der Waals surface area contributed by atoms with Gasteiger partial charge in [0, 0.05) is 25.7 Å². The Balaban J connectivity index is 2.22. The van der Waals surface area contributed by atoms with Gasteiger partial charge in [-0.05, 0) is 26.7 Å². The molecule has 0 unspecified atom stereocenters. The number of carbonyl (C=O) groups is 1. The van der Waals surface area contributed by atoms with Crippen LogP contribution in [0.25, 0.3) is 0 Å². The van der Waals surface area contributed by atoms with Gasteiger partial charge in [0.05, 0.1) is 12.6 Å². The zero-order chi connectivity index (χ0) is 13.5. The van der Waals surface area contributed by atoms with E-state index in [1.165, 1.54) is 5.57 Å². The van der Waals surface area contributed by atoms with Gasteiger partial charge >= 0.3 is 6.03 Å². The van der Waals surface area contributed by atoms with E-state index in [9.17, 15) is 4.79 Å². The molecule has 18 heavy (non-hydrogen) atoms. The Hall–Kier alpha value is -1.07. The van der Waals surface area contributed by atoms with Crippen LogP contribution in [-0.4, -0.2) is 54.4 Å². The van der Waals surface area contributed by atoms with Crippen molar-refractivity contribution in [3.8, 4) is 0 Å². The molecule has 5 nitrogen and oxygen atoms in total. The average Bonchev–Trinajstić information content (AvgIpc) is 2.30. The van der Waals surface area contributed by atoms with Crippen LogP contribution in [0.2, 0.25) is 0 Å². The van der Waals surface area contributed by atoms with Crippen molar-refractivity contribution in [1.82, 2.24) is 15.5 Å². The second kappa shape index (κ2) is 7.38. The minimum absolute atomic E-state index is 0.0372. The Morgan fingerprint density at radius 3 is 2.61 bits per heavy atom. The van der Waals surface area contributed by atoms with Crippen LogP contribution < -0.4 is 10.6 Å². The Morgan fingerprint density at radius 2 is 2.11 bits per heavy atom. The third-order valence-corrected chi connectivity index (χ3v) is 3.07. The number of amides is 2. The molecule has 2 amide bonds. The lowest BCUT2D eigenvalue weighted by Gasteiger charge is -2.32. The Bertz CT molecular complexity index is 286. The average molecular weight is 255 g/mol. The molecule has 1 saturated heterocycles. The molecule has 0 aliphatic carbocycles. The number of nitrogens with zero attached hydrogens (tertiary/aromatic N) is 1. The van der Waals surface area contributed by atoms with E-state index in [4.69, 9.17) is 5.11 Å². The summed E-state index contributed by atoms with van der Waals surface area (Å²) in [5.74, 6) is 0. The van der Waals surface area contributed by atoms with Gasteiger partial charge in [0.25, 0.3) is 0 Å². The first-order chi connectivity index (χ1) is 8.51. The van der Waals surface area contributed by atoms with Gasteiger partial charge in [0.15, 0.2) is 0 Å². The standard InChI is InChI=1S/C13H25N3O2/c1-10(2)8-16-6-4-12(5-7-16)15-13(18)14-11(3)9-17/h11-12,17H,1,4-9H2,2-3H3,(H2,14,15,18)/t11-/m0/s1. The number of aliphatic hydroxyl groups excluding tert-OH is 1. The number of likely N-dealkylation sites (tertiary alicyclic amines) is 1. The number of hydrogen-bond donors (Lipinski definition) is 3. The fraction of sp³-hybridized carbons (Fsp3) is 0.769. The van der Waals surface area contributed by atoms with Crippen molar-refractivity contribution in [2.45, 2.75) is 38.8 Å². The summed E-state index contributed by atoms with van der Waals surface area (Å²) in [6.45, 7) is 10.6. The van der Waals surface area contributed by atoms with Crippen LogP contribution >= 0.6 is 0 Å². The quantitative estimate of drug-likeness (QED) is 0.634. The predicted molar refractivity (Wildman–Crippen MR) is 72.5 cm³/mol. The zero-order valence-corrected chi connectivity index (χ0v) is 11.4. The second-order valence-electron chi connectivity index (χ2n) is 5.21. The zero-order valence-electron chi connectivity index (χ0n) is 11.4. The Kier molecular flexibility index (Phi) is 6.15. The molecule has 0 saturated carbocycles. The molecule has 3 N–H and O–H groups in total. The minimum atomic E-state index is -0.200. The van der Waals surface area contributed by atoms with Gasteiger partial charge in [-0.2, -0.15) is 0 Å². The fourth-order valence-corrected chi connectivity index (χ4v) is 2.11. The van der Waals surface area contributed by atoms with Gasteiger partial charge in [0.2, 0.25) is 0 Å². The molecule has 1 aliphatic heterocycles. The van der Waals surface area contributed by atoms with Crippen LogP contribution in [0.1, 0.15) is 26.7 Å². The van der Waals surface area contributed by atoms with Gasteiger partial charge in [-0.3, -0.25) is 4.90 Å². The lowest BCUT2D eigenvalue weighted by molar-refractivity contribution is 0.195. The maximum absolute atomic E-state index is 11.6. The molecule has 1 rings (SSSR count). The summed E-state index contributed by atoms with van der Waals surface area (Å²) in [5.41, 5.74) is 1.18. The molecule has 5 heteroatoms. The smallest absolute Gasteiger partial charge is 0.315 e. The van der Waals surface area contributed by atoms with Gasteiger partial charge in [-0.1, -0.05) is 12.2 Å². The molecule has 0 aromatic carbocycles. The Labute approximate surface area is 109 Å². The van der Waals surface area contributed by atoms with E-state index < -0.39 is 0 Å². The van der Waals surface area contributed by atoms with E-state index in [-0.39, 0.29) is 24.7 Å². The van der Waals surface area contributed by atoms with Crippen molar-refractivity contribution in [3.05, 3.63) is 12.2 Å². The molecule has 0 bridgehead atoms. The van der Waals surface area contributed by atoms with Crippen molar-refractivity contribution < 1.29 is 9.90 Å². The second-order valence-corrected chi connectivity index (χ2v) is 5.21. The highest BCUT2D eigenvalue weighted by Gasteiger charge is 2.20. The van der Waals surface area contributed by atoms with Crippen LogP contribution in [0.3, 0.4) is 0 Å². The highest BCUT2D eigenvalue weighted by atomic mass is 16.3. The molecule has 104 valence electrons. The van der Waals surface area contributed by atoms with Crippen molar-refractivity contribution >= 4 is 6.03 Å². The van der Waals surface area contributed by atoms with Crippen molar-refractivity contribution in [3.63, 3.8) is 0 Å². The van der Waals surface area contributed by atoms with Crippen LogP contribution in [0.5, 0.6) is 0 Å². The van der Waals surface area contributed by atoms with Crippen LogP contribution in [0, 0.1) is 0 Å². The van der Waals surface area contributed by atoms with Crippen molar-refractivity contribution in [2.75, 3.05) is 26.2 Å². The predicted octanol–water partition coefficient (Wildman–Crippen LogP) is 0.707. The molecular formula is C13H25N3O2. The topological polar surface area (TPSA) is 64.6 Å². The SMILES string of the molecule is C=C(C)CN1CCC(NC(=O)N[C@@H](C)CO)CC1. The maximum Gasteiger partial charge on any atom is 0.315 e. The van der Waals surface area contributed by atoms with E-state index in [0.717, 1.165) is 32.5 Å². The van der Waals surface area contributed by atoms with E-state index >= 15 is 0 Å². The maximum atomic E-state index is 11.6. The molecule has 1 atom stereocenters. The molecule has 0 aromatic heterocycles. The van der Waals surface area contributed by atoms with E-state index in [0.29, 0.717) is 0 Å². The van der Waals surface area contributed by atoms with Gasteiger partial charge in [0.1, 0.15) is 0 Å². The third-order valence-electron chi connectivity index (χ3n) is 3.07. The third kappa shape index (κ3) is 5.51. The fourth-order valence-electron chi connectivity index (χ4n) is 2.11. The number of hydrogen-bond acceptors (Lipinski definition) is 3. The molecule has 1 heterocycles. The van der Waals surface area contributed by atoms with Gasteiger partial charge in [-0.15, -0.1) is 0 Å². The number of nitrogens with one attached hydrogen (secondary N) is 2. The summed E-state index contributed by atoms with van der Waals surface area (Å²) in [6, 6.07) is -0.152. The lowest BCUT2D eigenvalue weighted by Crippen LogP contribution is -2.50. The number of piperidine rings is 1. The van der Waals surface area contributed by atoms with Crippen molar-refractivity contribution in [2.24, 2.45) is 0 Å². The van der Waals surface area contributed by atoms with E-state index in [2.05, 4.69) is 22.1 Å². The number of carbonyl (C=O) groups excluding carboxylic acids is 1. The minimum Gasteiger partial charge on any atom is -0.394 e. The van der Waals surface area contributed by atoms with Gasteiger partial charge in [-0.25, -0.2) is 4.79 Å². The van der Waals surface area contributed by atoms with E-state index in [1.807, 2.05) is 6.92 Å². The van der Waals surface area contributed by atoms with Crippen LogP contribution in [0.15, 0.2) is 12.2 Å². The van der Waals surface area contributed by atoms with E-state index in [1.54, 1.807) is 6.92 Å². The summed E-state index contributed by atoms with van der Waals surface area (Å²) in [4.78, 5) is 13.9. The highest BCUT2D eigenvalue weighted by Crippen LogP contribution is 2.11.